The number of para-hydroxylation sites is 1. The van der Waals surface area contributed by atoms with Crippen molar-refractivity contribution in [2.24, 2.45) is 0 Å². The van der Waals surface area contributed by atoms with E-state index in [1.54, 1.807) is 0 Å². The van der Waals surface area contributed by atoms with Crippen molar-refractivity contribution in [3.63, 3.8) is 0 Å². The van der Waals surface area contributed by atoms with Gasteiger partial charge >= 0.3 is 0 Å². The largest absolute Gasteiger partial charge is 0.309 e. The molecule has 0 saturated heterocycles. The van der Waals surface area contributed by atoms with Crippen molar-refractivity contribution in [1.82, 2.24) is 14.1 Å². The van der Waals surface area contributed by atoms with Gasteiger partial charge in [0.05, 0.1) is 39.2 Å². The Hall–Kier alpha value is -6.22. The number of hydrogen-bond donors (Lipinski definition) is 0. The number of nitrogens with zero attached hydrogens (tertiary/aromatic N) is 4. The SMILES string of the molecule is N#Cc1ccc2c(c1)c1ccccc1n2-c1cccc(-c2cccc(-n3c4cc5sc6ccccc6c5cc4c4ncccc43)c2)c1. The van der Waals surface area contributed by atoms with Crippen LogP contribution >= 0.6 is 11.3 Å². The highest BCUT2D eigenvalue weighted by molar-refractivity contribution is 7.25. The van der Waals surface area contributed by atoms with Crippen LogP contribution in [0, 0.1) is 11.3 Å². The fourth-order valence-electron chi connectivity index (χ4n) is 7.30. The van der Waals surface area contributed by atoms with E-state index in [1.165, 1.54) is 20.2 Å². The van der Waals surface area contributed by atoms with Crippen LogP contribution in [-0.4, -0.2) is 14.1 Å². The zero-order valence-electron chi connectivity index (χ0n) is 25.1. The van der Waals surface area contributed by atoms with Gasteiger partial charge in [0.25, 0.3) is 0 Å². The maximum Gasteiger partial charge on any atom is 0.0991 e. The molecule has 0 aliphatic carbocycles. The van der Waals surface area contributed by atoms with Gasteiger partial charge in [-0.05, 0) is 90.0 Å². The lowest BCUT2D eigenvalue weighted by Gasteiger charge is -2.12. The van der Waals surface area contributed by atoms with Crippen LogP contribution in [-0.2, 0) is 0 Å². The minimum Gasteiger partial charge on any atom is -0.309 e. The van der Waals surface area contributed by atoms with Crippen molar-refractivity contribution in [1.29, 1.82) is 5.26 Å². The third kappa shape index (κ3) is 3.83. The molecule has 10 rings (SSSR count). The highest BCUT2D eigenvalue weighted by Crippen LogP contribution is 2.40. The molecule has 6 aromatic carbocycles. The molecular weight excluding hydrogens is 593 g/mol. The summed E-state index contributed by atoms with van der Waals surface area (Å²) in [6.45, 7) is 0. The van der Waals surface area contributed by atoms with Gasteiger partial charge in [-0.3, -0.25) is 4.98 Å². The molecule has 0 amide bonds. The molecule has 0 spiro atoms. The van der Waals surface area contributed by atoms with Crippen LogP contribution in [0.1, 0.15) is 5.56 Å². The van der Waals surface area contributed by atoms with Crippen LogP contribution in [0.25, 0.3) is 86.4 Å². The second-order valence-corrected chi connectivity index (χ2v) is 13.1. The van der Waals surface area contributed by atoms with Crippen LogP contribution in [0.3, 0.4) is 0 Å². The second-order valence-electron chi connectivity index (χ2n) is 12.0. The second kappa shape index (κ2) is 9.89. The summed E-state index contributed by atoms with van der Waals surface area (Å²) in [5.41, 5.74) is 10.6. The Morgan fingerprint density at radius 3 is 2.00 bits per heavy atom. The highest BCUT2D eigenvalue weighted by Gasteiger charge is 2.17. The molecule has 4 nitrogen and oxygen atoms in total. The minimum absolute atomic E-state index is 0.666. The van der Waals surface area contributed by atoms with Gasteiger partial charge in [0.2, 0.25) is 0 Å². The molecule has 5 heteroatoms. The Morgan fingerprint density at radius 2 is 1.19 bits per heavy atom. The quantitative estimate of drug-likeness (QED) is 0.198. The molecule has 0 aliphatic heterocycles. The average molecular weight is 617 g/mol. The fraction of sp³-hybridized carbons (Fsp3) is 0. The standard InChI is InChI=1S/C42H24N4S/c43-25-26-17-18-37-33(20-26)31-12-1-3-14-36(31)45(37)29-10-5-8-27(21-29)28-9-6-11-30(22-28)46-38-15-7-19-44-42(38)35-23-34-32-13-2-4-16-40(32)47-41(34)24-39(35)46/h1-24H. The summed E-state index contributed by atoms with van der Waals surface area (Å²) >= 11 is 1.84. The van der Waals surface area contributed by atoms with Crippen molar-refractivity contribution in [2.75, 3.05) is 0 Å². The monoisotopic (exact) mass is 616 g/mol. The van der Waals surface area contributed by atoms with E-state index in [4.69, 9.17) is 4.98 Å². The van der Waals surface area contributed by atoms with E-state index in [-0.39, 0.29) is 0 Å². The zero-order chi connectivity index (χ0) is 31.1. The van der Waals surface area contributed by atoms with Gasteiger partial charge in [-0.25, -0.2) is 0 Å². The number of benzene rings is 6. The third-order valence-electron chi connectivity index (χ3n) is 9.36. The summed E-state index contributed by atoms with van der Waals surface area (Å²) < 4.78 is 7.23. The Labute approximate surface area is 273 Å². The van der Waals surface area contributed by atoms with Crippen LogP contribution in [0.4, 0.5) is 0 Å². The summed E-state index contributed by atoms with van der Waals surface area (Å²) in [5.74, 6) is 0. The molecule has 0 atom stereocenters. The first-order chi connectivity index (χ1) is 23.2. The van der Waals surface area contributed by atoms with Crippen molar-refractivity contribution < 1.29 is 0 Å². The topological polar surface area (TPSA) is 46.5 Å². The normalized spacial score (nSPS) is 11.8. The highest BCUT2D eigenvalue weighted by atomic mass is 32.1. The molecular formula is C42H24N4S. The Morgan fingerprint density at radius 1 is 0.489 bits per heavy atom. The minimum atomic E-state index is 0.666. The lowest BCUT2D eigenvalue weighted by Crippen LogP contribution is -1.96. The van der Waals surface area contributed by atoms with E-state index >= 15 is 0 Å². The lowest BCUT2D eigenvalue weighted by atomic mass is 10.0. The molecule has 0 unspecified atom stereocenters. The van der Waals surface area contributed by atoms with Crippen molar-refractivity contribution in [3.05, 3.63) is 151 Å². The summed E-state index contributed by atoms with van der Waals surface area (Å²) in [7, 11) is 0. The number of fused-ring (bicyclic) bond motifs is 9. The summed E-state index contributed by atoms with van der Waals surface area (Å²) in [6.07, 6.45) is 1.89. The predicted molar refractivity (Wildman–Crippen MR) is 196 cm³/mol. The summed E-state index contributed by atoms with van der Waals surface area (Å²) in [6, 6.07) is 51.7. The van der Waals surface area contributed by atoms with E-state index in [0.717, 1.165) is 66.2 Å². The van der Waals surface area contributed by atoms with Crippen molar-refractivity contribution >= 4 is 75.3 Å². The van der Waals surface area contributed by atoms with E-state index in [9.17, 15) is 5.26 Å². The van der Waals surface area contributed by atoms with Crippen LogP contribution in [0.5, 0.6) is 0 Å². The van der Waals surface area contributed by atoms with Gasteiger partial charge in [0.1, 0.15) is 0 Å². The van der Waals surface area contributed by atoms with Gasteiger partial charge in [-0.15, -0.1) is 11.3 Å². The maximum absolute atomic E-state index is 9.58. The lowest BCUT2D eigenvalue weighted by molar-refractivity contribution is 1.17. The van der Waals surface area contributed by atoms with Gasteiger partial charge in [0, 0.05) is 53.9 Å². The Balaban J connectivity index is 1.16. The molecule has 0 saturated carbocycles. The number of nitriles is 1. The first-order valence-electron chi connectivity index (χ1n) is 15.6. The molecule has 218 valence electrons. The van der Waals surface area contributed by atoms with E-state index in [0.29, 0.717) is 5.56 Å². The molecule has 4 heterocycles. The van der Waals surface area contributed by atoms with Crippen LogP contribution < -0.4 is 0 Å². The van der Waals surface area contributed by atoms with Crippen molar-refractivity contribution in [3.8, 4) is 28.6 Å². The molecule has 10 aromatic rings. The van der Waals surface area contributed by atoms with Gasteiger partial charge in [-0.1, -0.05) is 60.7 Å². The summed E-state index contributed by atoms with van der Waals surface area (Å²) in [4.78, 5) is 4.87. The van der Waals surface area contributed by atoms with E-state index in [1.807, 2.05) is 35.7 Å². The number of thiophene rings is 1. The predicted octanol–water partition coefficient (Wildman–Crippen LogP) is 11.2. The summed E-state index contributed by atoms with van der Waals surface area (Å²) in [5, 5.41) is 15.5. The molecule has 0 aliphatic rings. The maximum atomic E-state index is 9.58. The number of aromatic nitrogens is 3. The first-order valence-corrected chi connectivity index (χ1v) is 16.4. The fourth-order valence-corrected chi connectivity index (χ4v) is 8.42. The first kappa shape index (κ1) is 26.0. The molecule has 0 bridgehead atoms. The average Bonchev–Trinajstić information content (AvgIpc) is 3.77. The van der Waals surface area contributed by atoms with Gasteiger partial charge in [0.15, 0.2) is 0 Å². The van der Waals surface area contributed by atoms with Gasteiger partial charge < -0.3 is 9.13 Å². The Kier molecular flexibility index (Phi) is 5.48. The number of rotatable bonds is 3. The number of hydrogen-bond acceptors (Lipinski definition) is 3. The molecule has 47 heavy (non-hydrogen) atoms. The Bertz CT molecular complexity index is 2930. The molecule has 4 aromatic heterocycles. The molecule has 0 radical (unpaired) electrons. The van der Waals surface area contributed by atoms with Gasteiger partial charge in [-0.2, -0.15) is 5.26 Å². The zero-order valence-corrected chi connectivity index (χ0v) is 25.9. The van der Waals surface area contributed by atoms with Crippen molar-refractivity contribution in [2.45, 2.75) is 0 Å². The number of pyridine rings is 1. The van der Waals surface area contributed by atoms with Crippen LogP contribution in [0.2, 0.25) is 0 Å². The molecule has 0 fully saturated rings. The smallest absolute Gasteiger partial charge is 0.0991 e. The van der Waals surface area contributed by atoms with E-state index in [2.05, 4.69) is 137 Å². The van der Waals surface area contributed by atoms with E-state index < -0.39 is 0 Å². The third-order valence-corrected chi connectivity index (χ3v) is 10.5. The molecule has 0 N–H and O–H groups in total. The van der Waals surface area contributed by atoms with Crippen LogP contribution in [0.15, 0.2) is 146 Å².